The molecule has 0 aromatic carbocycles. The van der Waals surface area contributed by atoms with Crippen molar-refractivity contribution in [3.8, 4) is 0 Å². The number of carbonyl (C=O) groups excluding carboxylic acids is 2. The molecule has 11 heavy (non-hydrogen) atoms. The maximum Gasteiger partial charge on any atom is 0.270 e. The number of carbonyl (C=O) groups is 2. The fraction of sp³-hybridized carbons (Fsp3) is 0.200. The lowest BCUT2D eigenvalue weighted by Gasteiger charge is -1.97. The Kier molecular flexibility index (Phi) is 5.28. The van der Waals surface area contributed by atoms with Gasteiger partial charge < -0.3 is 0 Å². The summed E-state index contributed by atoms with van der Waals surface area (Å²) in [5.41, 5.74) is 0.860. The number of alkyl halides is 1. The van der Waals surface area contributed by atoms with Crippen molar-refractivity contribution in [1.29, 1.82) is 0 Å². The van der Waals surface area contributed by atoms with Crippen LogP contribution in [0.25, 0.3) is 0 Å². The van der Waals surface area contributed by atoms with Crippen molar-refractivity contribution < 1.29 is 9.59 Å². The zero-order valence-electron chi connectivity index (χ0n) is 5.23. The number of rotatable bonds is 2. The number of amides is 2. The van der Waals surface area contributed by atoms with Gasteiger partial charge in [0.05, 0.1) is 0 Å². The van der Waals surface area contributed by atoms with E-state index in [0.717, 1.165) is 5.54 Å². The second-order valence-electron chi connectivity index (χ2n) is 1.47. The maximum atomic E-state index is 10.7. The summed E-state index contributed by atoms with van der Waals surface area (Å²) in [6.07, 6.45) is 0. The van der Waals surface area contributed by atoms with E-state index in [0.29, 0.717) is 0 Å². The summed E-state index contributed by atoms with van der Waals surface area (Å²) in [4.78, 5) is 21.1. The number of hydrogen-bond donors (Lipinski definition) is 1. The molecule has 0 saturated heterocycles. The highest BCUT2D eigenvalue weighted by molar-refractivity contribution is 6.47. The number of imide groups is 1. The van der Waals surface area contributed by atoms with Gasteiger partial charge in [-0.3, -0.25) is 14.9 Å². The van der Waals surface area contributed by atoms with Crippen LogP contribution in [0.3, 0.4) is 0 Å². The van der Waals surface area contributed by atoms with Crippen LogP contribution in [0.15, 0.2) is 10.6 Å². The van der Waals surface area contributed by atoms with Gasteiger partial charge in [0.1, 0.15) is 10.9 Å². The molecule has 0 aromatic heterocycles. The number of nitrogens with one attached hydrogen (secondary N) is 1. The van der Waals surface area contributed by atoms with E-state index in [1.807, 2.05) is 5.32 Å². The molecule has 0 spiro atoms. The van der Waals surface area contributed by atoms with Gasteiger partial charge in [0.2, 0.25) is 5.91 Å². The third-order valence-corrected chi connectivity index (χ3v) is 1.54. The van der Waals surface area contributed by atoms with E-state index in [4.69, 9.17) is 34.8 Å². The van der Waals surface area contributed by atoms with Crippen LogP contribution in [-0.2, 0) is 9.59 Å². The van der Waals surface area contributed by atoms with Crippen LogP contribution < -0.4 is 5.32 Å². The van der Waals surface area contributed by atoms with Gasteiger partial charge in [0.25, 0.3) is 5.91 Å². The van der Waals surface area contributed by atoms with Gasteiger partial charge in [-0.15, -0.1) is 11.6 Å². The smallest absolute Gasteiger partial charge is 0.270 e. The minimum atomic E-state index is -0.757. The van der Waals surface area contributed by atoms with Crippen LogP contribution in [0.1, 0.15) is 0 Å². The van der Waals surface area contributed by atoms with Crippen molar-refractivity contribution in [2.45, 2.75) is 0 Å². The van der Waals surface area contributed by atoms with Gasteiger partial charge in [-0.25, -0.2) is 0 Å². The summed E-state index contributed by atoms with van der Waals surface area (Å²) < 4.78 is 0. The molecule has 0 heterocycles. The molecule has 0 aliphatic carbocycles. The lowest BCUT2D eigenvalue weighted by atomic mass is 10.5. The summed E-state index contributed by atoms with van der Waals surface area (Å²) in [5.74, 6) is -1.67. The van der Waals surface area contributed by atoms with E-state index < -0.39 is 11.8 Å². The Morgan fingerprint density at radius 3 is 2.36 bits per heavy atom. The summed E-state index contributed by atoms with van der Waals surface area (Å²) in [7, 11) is 0. The molecule has 0 aliphatic rings. The van der Waals surface area contributed by atoms with Crippen molar-refractivity contribution in [2.24, 2.45) is 0 Å². The van der Waals surface area contributed by atoms with E-state index in [-0.39, 0.29) is 10.9 Å². The van der Waals surface area contributed by atoms with E-state index in [2.05, 4.69) is 0 Å². The molecule has 6 heteroatoms. The number of hydrogen-bond acceptors (Lipinski definition) is 2. The molecule has 0 unspecified atom stereocenters. The zero-order chi connectivity index (χ0) is 8.85. The van der Waals surface area contributed by atoms with Crippen LogP contribution in [0.2, 0.25) is 0 Å². The first-order valence-electron chi connectivity index (χ1n) is 2.47. The van der Waals surface area contributed by atoms with Crippen LogP contribution in [-0.4, -0.2) is 17.7 Å². The minimum absolute atomic E-state index is 0.259. The molecular formula is C5H4Cl3NO2. The highest BCUT2D eigenvalue weighted by atomic mass is 35.5. The Morgan fingerprint density at radius 1 is 1.45 bits per heavy atom. The Morgan fingerprint density at radius 2 is 2.00 bits per heavy atom. The summed E-state index contributed by atoms with van der Waals surface area (Å²) in [6.45, 7) is 0. The SMILES string of the molecule is O=C(CCl)NC(=O)/C(Cl)=C/Cl. The van der Waals surface area contributed by atoms with Crippen molar-refractivity contribution in [3.05, 3.63) is 10.6 Å². The standard InChI is InChI=1S/C5H4Cl3NO2/c6-1-3(8)5(11)9-4(10)2-7/h1H,2H2,(H,9,10,11)/b3-1-. The Bertz CT molecular complexity index is 202. The molecule has 0 fully saturated rings. The van der Waals surface area contributed by atoms with Crippen molar-refractivity contribution in [1.82, 2.24) is 5.32 Å². The monoisotopic (exact) mass is 215 g/mol. The highest BCUT2D eigenvalue weighted by Crippen LogP contribution is 2.02. The van der Waals surface area contributed by atoms with Gasteiger partial charge >= 0.3 is 0 Å². The van der Waals surface area contributed by atoms with Gasteiger partial charge in [0, 0.05) is 5.54 Å². The third-order valence-electron chi connectivity index (χ3n) is 0.687. The first-order chi connectivity index (χ1) is 5.11. The average molecular weight is 216 g/mol. The second kappa shape index (κ2) is 5.41. The Balaban J connectivity index is 3.98. The van der Waals surface area contributed by atoms with E-state index in [1.165, 1.54) is 0 Å². The number of halogens is 3. The van der Waals surface area contributed by atoms with Gasteiger partial charge in [-0.05, 0) is 0 Å². The third kappa shape index (κ3) is 4.24. The van der Waals surface area contributed by atoms with Gasteiger partial charge in [-0.1, -0.05) is 23.2 Å². The molecule has 0 saturated carbocycles. The fourth-order valence-electron chi connectivity index (χ4n) is 0.269. The zero-order valence-corrected chi connectivity index (χ0v) is 7.50. The first-order valence-corrected chi connectivity index (χ1v) is 3.82. The van der Waals surface area contributed by atoms with Crippen molar-refractivity contribution in [3.63, 3.8) is 0 Å². The molecule has 2 amide bonds. The van der Waals surface area contributed by atoms with Crippen LogP contribution in [0.4, 0.5) is 0 Å². The molecule has 3 nitrogen and oxygen atoms in total. The predicted octanol–water partition coefficient (Wildman–Crippen LogP) is 1.19. The Hall–Kier alpha value is -0.250. The lowest BCUT2D eigenvalue weighted by molar-refractivity contribution is -0.126. The molecule has 0 radical (unpaired) electrons. The van der Waals surface area contributed by atoms with Crippen molar-refractivity contribution in [2.75, 3.05) is 5.88 Å². The normalized spacial score (nSPS) is 11.0. The molecule has 0 bridgehead atoms. The van der Waals surface area contributed by atoms with Crippen LogP contribution in [0, 0.1) is 0 Å². The topological polar surface area (TPSA) is 46.2 Å². The van der Waals surface area contributed by atoms with E-state index in [9.17, 15) is 9.59 Å². The molecular weight excluding hydrogens is 212 g/mol. The minimum Gasteiger partial charge on any atom is -0.290 e. The molecule has 1 N–H and O–H groups in total. The Labute approximate surface area is 78.3 Å². The quantitative estimate of drug-likeness (QED) is 0.557. The van der Waals surface area contributed by atoms with E-state index >= 15 is 0 Å². The summed E-state index contributed by atoms with van der Waals surface area (Å²) >= 11 is 15.4. The fourth-order valence-corrected chi connectivity index (χ4v) is 0.482. The van der Waals surface area contributed by atoms with Crippen LogP contribution >= 0.6 is 34.8 Å². The van der Waals surface area contributed by atoms with E-state index in [1.54, 1.807) is 0 Å². The predicted molar refractivity (Wildman–Crippen MR) is 43.7 cm³/mol. The maximum absolute atomic E-state index is 10.7. The molecule has 62 valence electrons. The van der Waals surface area contributed by atoms with Gasteiger partial charge in [-0.2, -0.15) is 0 Å². The van der Waals surface area contributed by atoms with Crippen LogP contribution in [0.5, 0.6) is 0 Å². The summed E-state index contributed by atoms with van der Waals surface area (Å²) in [6, 6.07) is 0. The molecule has 0 rings (SSSR count). The van der Waals surface area contributed by atoms with Gasteiger partial charge in [0.15, 0.2) is 0 Å². The van der Waals surface area contributed by atoms with Crippen molar-refractivity contribution >= 4 is 46.6 Å². The molecule has 0 atom stereocenters. The largest absolute Gasteiger partial charge is 0.290 e. The average Bonchev–Trinajstić information content (AvgIpc) is 2.02. The first kappa shape index (κ1) is 10.8. The molecule has 0 aliphatic heterocycles. The molecule has 0 aromatic rings. The second-order valence-corrected chi connectivity index (χ2v) is 2.36. The highest BCUT2D eigenvalue weighted by Gasteiger charge is 2.08. The summed E-state index contributed by atoms with van der Waals surface area (Å²) in [5, 5.41) is 1.63. The lowest BCUT2D eigenvalue weighted by Crippen LogP contribution is -2.31.